The number of hydrogen-bond acceptors (Lipinski definition) is 3. The molecule has 0 radical (unpaired) electrons. The Hall–Kier alpha value is -3.07. The molecule has 2 N–H and O–H groups in total. The third-order valence-corrected chi connectivity index (χ3v) is 5.57. The van der Waals surface area contributed by atoms with Crippen LogP contribution in [0, 0.1) is 13.8 Å². The van der Waals surface area contributed by atoms with E-state index in [1.165, 1.54) is 11.1 Å². The van der Waals surface area contributed by atoms with Gasteiger partial charge < -0.3 is 10.4 Å². The molecule has 3 aromatic rings. The predicted octanol–water partition coefficient (Wildman–Crippen LogP) is 6.26. The third kappa shape index (κ3) is 3.18. The molecule has 2 aromatic carbocycles. The molecular weight excluding hydrogens is 344 g/mol. The van der Waals surface area contributed by atoms with Gasteiger partial charge in [-0.25, -0.2) is 4.98 Å². The number of aryl methyl sites for hydroxylation is 1. The number of pyridine rings is 1. The number of nitrogens with zero attached hydrogens (tertiary/aromatic N) is 1. The lowest BCUT2D eigenvalue weighted by molar-refractivity contribution is 0.480. The van der Waals surface area contributed by atoms with Gasteiger partial charge in [0, 0.05) is 24.0 Å². The lowest BCUT2D eigenvalue weighted by Crippen LogP contribution is -2.07. The summed E-state index contributed by atoms with van der Waals surface area (Å²) in [5, 5.41) is 15.1. The van der Waals surface area contributed by atoms with Crippen molar-refractivity contribution < 1.29 is 5.11 Å². The summed E-state index contributed by atoms with van der Waals surface area (Å²) < 4.78 is 0. The van der Waals surface area contributed by atoms with Crippen LogP contribution in [0.15, 0.2) is 60.2 Å². The van der Waals surface area contributed by atoms with Gasteiger partial charge in [-0.15, -0.1) is 0 Å². The Morgan fingerprint density at radius 2 is 1.79 bits per heavy atom. The zero-order chi connectivity index (χ0) is 19.8. The quantitative estimate of drug-likeness (QED) is 0.572. The first-order chi connectivity index (χ1) is 13.5. The highest BCUT2D eigenvalue weighted by molar-refractivity contribution is 5.99. The van der Waals surface area contributed by atoms with Crippen molar-refractivity contribution in [2.45, 2.75) is 33.1 Å². The summed E-state index contributed by atoms with van der Waals surface area (Å²) in [6.07, 6.45) is 7.54. The summed E-state index contributed by atoms with van der Waals surface area (Å²) in [7, 11) is 1.93. The first-order valence-corrected chi connectivity index (χ1v) is 9.75. The van der Waals surface area contributed by atoms with E-state index in [4.69, 9.17) is 4.98 Å². The molecule has 1 heterocycles. The molecule has 0 saturated carbocycles. The third-order valence-electron chi connectivity index (χ3n) is 5.57. The highest BCUT2D eigenvalue weighted by Crippen LogP contribution is 2.40. The molecule has 3 heteroatoms. The zero-order valence-electron chi connectivity index (χ0n) is 16.9. The predicted molar refractivity (Wildman–Crippen MR) is 118 cm³/mol. The summed E-state index contributed by atoms with van der Waals surface area (Å²) >= 11 is 0. The Bertz CT molecular complexity index is 1110. The number of hydrogen-bond donors (Lipinski definition) is 2. The number of allylic oxidation sites excluding steroid dienone is 4. The summed E-state index contributed by atoms with van der Waals surface area (Å²) in [6.45, 7) is 6.31. The average molecular weight is 370 g/mol. The van der Waals surface area contributed by atoms with Crippen LogP contribution in [0.5, 0.6) is 5.75 Å². The van der Waals surface area contributed by atoms with Crippen LogP contribution in [0.1, 0.15) is 36.1 Å². The standard InChI is InChI=1S/C25H26N2O/c1-15-8-10-18(11-9-15)20-13-21-24(26-4)17(3)23(27-25(21)22(28)14-20)19-7-5-6-16(2)12-19/h5-6,8-14,19,28H,7H2,1-4H3,(H,26,27). The second kappa shape index (κ2) is 7.16. The van der Waals surface area contributed by atoms with E-state index in [-0.39, 0.29) is 11.7 Å². The van der Waals surface area contributed by atoms with E-state index in [0.717, 1.165) is 39.9 Å². The van der Waals surface area contributed by atoms with Gasteiger partial charge in [-0.2, -0.15) is 0 Å². The molecule has 0 aliphatic heterocycles. The van der Waals surface area contributed by atoms with Crippen molar-refractivity contribution in [1.82, 2.24) is 4.98 Å². The topological polar surface area (TPSA) is 45.2 Å². The van der Waals surface area contributed by atoms with Crippen molar-refractivity contribution in [3.63, 3.8) is 0 Å². The summed E-state index contributed by atoms with van der Waals surface area (Å²) in [5.74, 6) is 0.454. The first kappa shape index (κ1) is 18.3. The monoisotopic (exact) mass is 370 g/mol. The van der Waals surface area contributed by atoms with Gasteiger partial charge in [0.25, 0.3) is 0 Å². The maximum absolute atomic E-state index is 10.8. The molecular formula is C25H26N2O. The van der Waals surface area contributed by atoms with Crippen molar-refractivity contribution in [3.05, 3.63) is 77.0 Å². The second-order valence-electron chi connectivity index (χ2n) is 7.66. The summed E-state index contributed by atoms with van der Waals surface area (Å²) in [6, 6.07) is 12.3. The molecule has 1 aromatic heterocycles. The molecule has 0 fully saturated rings. The van der Waals surface area contributed by atoms with E-state index in [9.17, 15) is 5.11 Å². The SMILES string of the molecule is CNc1c(C)c(C2C=C(C)C=CC2)nc2c(O)cc(-c3ccc(C)cc3)cc12. The van der Waals surface area contributed by atoms with Gasteiger partial charge in [0.1, 0.15) is 11.3 Å². The van der Waals surface area contributed by atoms with Crippen molar-refractivity contribution in [2.75, 3.05) is 12.4 Å². The molecule has 0 saturated heterocycles. The van der Waals surface area contributed by atoms with Crippen LogP contribution in [0.4, 0.5) is 5.69 Å². The Morgan fingerprint density at radius 3 is 2.46 bits per heavy atom. The summed E-state index contributed by atoms with van der Waals surface area (Å²) in [4.78, 5) is 4.92. The zero-order valence-corrected chi connectivity index (χ0v) is 16.9. The van der Waals surface area contributed by atoms with E-state index in [0.29, 0.717) is 5.52 Å². The van der Waals surface area contributed by atoms with Crippen LogP contribution >= 0.6 is 0 Å². The maximum Gasteiger partial charge on any atom is 0.142 e. The fourth-order valence-corrected chi connectivity index (χ4v) is 4.09. The van der Waals surface area contributed by atoms with Gasteiger partial charge in [-0.3, -0.25) is 0 Å². The van der Waals surface area contributed by atoms with Crippen molar-refractivity contribution in [2.24, 2.45) is 0 Å². The van der Waals surface area contributed by atoms with Gasteiger partial charge in [0.05, 0.1) is 5.69 Å². The minimum absolute atomic E-state index is 0.220. The molecule has 142 valence electrons. The van der Waals surface area contributed by atoms with Crippen LogP contribution < -0.4 is 5.32 Å². The molecule has 0 spiro atoms. The molecule has 4 rings (SSSR count). The number of phenolic OH excluding ortho intramolecular Hbond substituents is 1. The van der Waals surface area contributed by atoms with E-state index in [1.54, 1.807) is 0 Å². The lowest BCUT2D eigenvalue weighted by atomic mass is 9.89. The van der Waals surface area contributed by atoms with Gasteiger partial charge in [-0.05, 0) is 56.0 Å². The molecule has 1 atom stereocenters. The van der Waals surface area contributed by atoms with Crippen LogP contribution in [-0.2, 0) is 0 Å². The van der Waals surface area contributed by atoms with Gasteiger partial charge in [-0.1, -0.05) is 53.6 Å². The lowest BCUT2D eigenvalue weighted by Gasteiger charge is -2.21. The second-order valence-corrected chi connectivity index (χ2v) is 7.66. The van der Waals surface area contributed by atoms with Gasteiger partial charge >= 0.3 is 0 Å². The number of fused-ring (bicyclic) bond motifs is 1. The Balaban J connectivity index is 1.92. The number of rotatable bonds is 3. The van der Waals surface area contributed by atoms with Crippen LogP contribution in [-0.4, -0.2) is 17.1 Å². The molecule has 0 bridgehead atoms. The average Bonchev–Trinajstić information content (AvgIpc) is 2.68. The molecule has 1 unspecified atom stereocenters. The molecule has 1 aliphatic carbocycles. The maximum atomic E-state index is 10.8. The highest BCUT2D eigenvalue weighted by atomic mass is 16.3. The highest BCUT2D eigenvalue weighted by Gasteiger charge is 2.20. The fraction of sp³-hybridized carbons (Fsp3) is 0.240. The Morgan fingerprint density at radius 1 is 1.04 bits per heavy atom. The number of aromatic hydroxyl groups is 1. The van der Waals surface area contributed by atoms with Crippen LogP contribution in [0.2, 0.25) is 0 Å². The van der Waals surface area contributed by atoms with E-state index < -0.39 is 0 Å². The number of phenols is 1. The first-order valence-electron chi connectivity index (χ1n) is 9.75. The molecule has 0 amide bonds. The van der Waals surface area contributed by atoms with E-state index in [2.05, 4.69) is 74.6 Å². The van der Waals surface area contributed by atoms with E-state index in [1.807, 2.05) is 13.1 Å². The van der Waals surface area contributed by atoms with Gasteiger partial charge in [0.2, 0.25) is 0 Å². The number of benzene rings is 2. The van der Waals surface area contributed by atoms with Crippen LogP contribution in [0.25, 0.3) is 22.0 Å². The van der Waals surface area contributed by atoms with E-state index >= 15 is 0 Å². The fourth-order valence-electron chi connectivity index (χ4n) is 4.09. The number of anilines is 1. The number of nitrogens with one attached hydrogen (secondary N) is 1. The van der Waals surface area contributed by atoms with Crippen molar-refractivity contribution in [1.29, 1.82) is 0 Å². The Kier molecular flexibility index (Phi) is 4.68. The van der Waals surface area contributed by atoms with Crippen LogP contribution in [0.3, 0.4) is 0 Å². The largest absolute Gasteiger partial charge is 0.506 e. The van der Waals surface area contributed by atoms with Crippen molar-refractivity contribution in [3.8, 4) is 16.9 Å². The van der Waals surface area contributed by atoms with Gasteiger partial charge in [0.15, 0.2) is 0 Å². The van der Waals surface area contributed by atoms with Crippen molar-refractivity contribution >= 4 is 16.6 Å². The normalized spacial score (nSPS) is 16.3. The Labute approximate surface area is 166 Å². The number of aromatic nitrogens is 1. The minimum Gasteiger partial charge on any atom is -0.506 e. The molecule has 3 nitrogen and oxygen atoms in total. The molecule has 28 heavy (non-hydrogen) atoms. The summed E-state index contributed by atoms with van der Waals surface area (Å²) in [5.41, 5.74) is 8.40. The minimum atomic E-state index is 0.220. The smallest absolute Gasteiger partial charge is 0.142 e. The molecule has 1 aliphatic rings.